The zero-order valence-electron chi connectivity index (χ0n) is 28.6. The zero-order valence-corrected chi connectivity index (χ0v) is 30.4. The topological polar surface area (TPSA) is 30.7 Å². The molecule has 0 saturated carbocycles. The van der Waals surface area contributed by atoms with Crippen LogP contribution in [0.5, 0.6) is 0 Å². The third kappa shape index (κ3) is 5.01. The Morgan fingerprint density at radius 2 is 1.23 bits per heavy atom. The van der Waals surface area contributed by atoms with Gasteiger partial charge in [-0.25, -0.2) is 9.37 Å². The molecule has 1 atom stereocenters. The van der Waals surface area contributed by atoms with Gasteiger partial charge in [0, 0.05) is 38.5 Å². The Labute approximate surface area is 312 Å². The smallest absolute Gasteiger partial charge is 0.181 e. The second kappa shape index (κ2) is 12.8. The second-order valence-corrected chi connectivity index (χ2v) is 18.2. The average Bonchev–Trinajstić information content (AvgIpc) is 3.58. The lowest BCUT2D eigenvalue weighted by Gasteiger charge is -2.40. The Balaban J connectivity index is 1.25. The minimum atomic E-state index is -2.79. The third-order valence-electron chi connectivity index (χ3n) is 10.5. The molecule has 0 spiro atoms. The molecule has 4 heterocycles. The summed E-state index contributed by atoms with van der Waals surface area (Å²) in [5.41, 5.74) is 4.94. The Kier molecular flexibility index (Phi) is 7.67. The van der Waals surface area contributed by atoms with Crippen LogP contribution >= 0.6 is 11.8 Å². The SMILES string of the molecule is FC(c1cccc(-c2ccccn2)c1)c1ccc2c3ccc4c(c3n(-c3ccccn3)c2c1)Sc1ccccc1[Si]4(c1ccccc1)c1ccccc1. The first kappa shape index (κ1) is 31.6. The number of halogens is 1. The van der Waals surface area contributed by atoms with E-state index in [1.165, 1.54) is 30.5 Å². The summed E-state index contributed by atoms with van der Waals surface area (Å²) in [6.45, 7) is 0. The number of nitrogens with zero attached hydrogens (tertiary/aromatic N) is 3. The predicted octanol–water partition coefficient (Wildman–Crippen LogP) is 9.14. The molecule has 1 aliphatic rings. The number of aromatic nitrogens is 3. The van der Waals surface area contributed by atoms with Crippen LogP contribution in [-0.4, -0.2) is 22.6 Å². The highest BCUT2D eigenvalue weighted by atomic mass is 32.2. The summed E-state index contributed by atoms with van der Waals surface area (Å²) in [4.78, 5) is 11.9. The molecule has 252 valence electrons. The lowest BCUT2D eigenvalue weighted by molar-refractivity contribution is 0.402. The number of benzene rings is 6. The molecule has 3 aromatic heterocycles. The molecular formula is C47H32FN3SSi. The first-order valence-electron chi connectivity index (χ1n) is 17.8. The van der Waals surface area contributed by atoms with Crippen molar-refractivity contribution in [2.24, 2.45) is 0 Å². The first-order valence-corrected chi connectivity index (χ1v) is 20.6. The molecule has 6 heteroatoms. The van der Waals surface area contributed by atoms with Crippen molar-refractivity contribution in [3.05, 3.63) is 199 Å². The van der Waals surface area contributed by atoms with E-state index in [0.717, 1.165) is 38.9 Å². The molecule has 0 radical (unpaired) electrons. The fourth-order valence-corrected chi connectivity index (χ4v) is 15.3. The molecular weight excluding hydrogens is 686 g/mol. The molecule has 0 bridgehead atoms. The number of rotatable bonds is 6. The molecule has 0 saturated heterocycles. The van der Waals surface area contributed by atoms with E-state index in [2.05, 4.69) is 119 Å². The van der Waals surface area contributed by atoms with Crippen LogP contribution in [-0.2, 0) is 0 Å². The highest BCUT2D eigenvalue weighted by molar-refractivity contribution is 8.00. The summed E-state index contributed by atoms with van der Waals surface area (Å²) in [7, 11) is -2.79. The molecule has 0 amide bonds. The summed E-state index contributed by atoms with van der Waals surface area (Å²) in [5, 5.41) is 7.62. The summed E-state index contributed by atoms with van der Waals surface area (Å²) in [6.07, 6.45) is 2.27. The van der Waals surface area contributed by atoms with Crippen molar-refractivity contribution in [3.63, 3.8) is 0 Å². The van der Waals surface area contributed by atoms with Gasteiger partial charge in [-0.2, -0.15) is 0 Å². The van der Waals surface area contributed by atoms with Gasteiger partial charge in [-0.3, -0.25) is 9.55 Å². The number of alkyl halides is 1. The minimum absolute atomic E-state index is 0.596. The monoisotopic (exact) mass is 717 g/mol. The van der Waals surface area contributed by atoms with Gasteiger partial charge < -0.3 is 0 Å². The highest BCUT2D eigenvalue weighted by Gasteiger charge is 2.47. The molecule has 0 N–H and O–H groups in total. The van der Waals surface area contributed by atoms with Crippen LogP contribution in [0.1, 0.15) is 17.3 Å². The molecule has 1 aliphatic heterocycles. The van der Waals surface area contributed by atoms with Gasteiger partial charge >= 0.3 is 0 Å². The fourth-order valence-electron chi connectivity index (χ4n) is 8.24. The Morgan fingerprint density at radius 1 is 0.547 bits per heavy atom. The van der Waals surface area contributed by atoms with Crippen LogP contribution in [0.3, 0.4) is 0 Å². The Morgan fingerprint density at radius 3 is 1.96 bits per heavy atom. The van der Waals surface area contributed by atoms with Crippen LogP contribution in [0, 0.1) is 0 Å². The van der Waals surface area contributed by atoms with Gasteiger partial charge in [0.15, 0.2) is 14.2 Å². The number of hydrogen-bond acceptors (Lipinski definition) is 3. The molecule has 3 nitrogen and oxygen atoms in total. The van der Waals surface area contributed by atoms with Crippen LogP contribution in [0.25, 0.3) is 38.9 Å². The highest BCUT2D eigenvalue weighted by Crippen LogP contribution is 2.43. The van der Waals surface area contributed by atoms with Gasteiger partial charge in [0.25, 0.3) is 0 Å². The van der Waals surface area contributed by atoms with Gasteiger partial charge in [0.2, 0.25) is 0 Å². The quantitative estimate of drug-likeness (QED) is 0.161. The van der Waals surface area contributed by atoms with Crippen molar-refractivity contribution in [2.75, 3.05) is 0 Å². The molecule has 9 aromatic rings. The molecule has 0 aliphatic carbocycles. The number of pyridine rings is 2. The van der Waals surface area contributed by atoms with Gasteiger partial charge in [-0.1, -0.05) is 145 Å². The van der Waals surface area contributed by atoms with Crippen LogP contribution in [0.15, 0.2) is 198 Å². The maximum Gasteiger partial charge on any atom is 0.181 e. The average molecular weight is 718 g/mol. The maximum atomic E-state index is 16.8. The van der Waals surface area contributed by atoms with Gasteiger partial charge in [-0.05, 0) is 74.3 Å². The zero-order chi connectivity index (χ0) is 35.4. The number of hydrogen-bond donors (Lipinski definition) is 0. The van der Waals surface area contributed by atoms with Crippen molar-refractivity contribution in [1.29, 1.82) is 0 Å². The van der Waals surface area contributed by atoms with Crippen LogP contribution in [0.2, 0.25) is 0 Å². The van der Waals surface area contributed by atoms with Gasteiger partial charge in [0.1, 0.15) is 5.82 Å². The normalized spacial score (nSPS) is 13.8. The van der Waals surface area contributed by atoms with Crippen LogP contribution in [0.4, 0.5) is 4.39 Å². The number of fused-ring (bicyclic) bond motifs is 6. The summed E-state index contributed by atoms with van der Waals surface area (Å²) >= 11 is 1.84. The van der Waals surface area contributed by atoms with E-state index >= 15 is 4.39 Å². The molecule has 1 unspecified atom stereocenters. The van der Waals surface area contributed by atoms with Crippen LogP contribution < -0.4 is 20.7 Å². The summed E-state index contributed by atoms with van der Waals surface area (Å²) < 4.78 is 19.0. The molecule has 6 aromatic carbocycles. The van der Waals surface area contributed by atoms with E-state index < -0.39 is 14.2 Å². The summed E-state index contributed by atoms with van der Waals surface area (Å²) in [6, 6.07) is 61.3. The Hall–Kier alpha value is -6.08. The lowest BCUT2D eigenvalue weighted by atomic mass is 9.98. The van der Waals surface area contributed by atoms with Crippen molar-refractivity contribution in [2.45, 2.75) is 16.0 Å². The second-order valence-electron chi connectivity index (χ2n) is 13.4. The largest absolute Gasteiger partial charge is 0.293 e. The first-order chi connectivity index (χ1) is 26.2. The minimum Gasteiger partial charge on any atom is -0.293 e. The Bertz CT molecular complexity index is 2730. The van der Waals surface area contributed by atoms with Crippen molar-refractivity contribution < 1.29 is 4.39 Å². The van der Waals surface area contributed by atoms with Crippen molar-refractivity contribution in [3.8, 4) is 17.1 Å². The molecule has 10 rings (SSSR count). The van der Waals surface area contributed by atoms with Gasteiger partial charge in [-0.15, -0.1) is 0 Å². The van der Waals surface area contributed by atoms with E-state index in [0.29, 0.717) is 11.1 Å². The molecule has 0 fully saturated rings. The van der Waals surface area contributed by atoms with E-state index in [1.807, 2.05) is 84.7 Å². The lowest BCUT2D eigenvalue weighted by Crippen LogP contribution is -2.76. The van der Waals surface area contributed by atoms with Crippen molar-refractivity contribution >= 4 is 62.4 Å². The standard InChI is InChI=1S/C47H32FN3SSi/c48-45(33-15-13-14-32(30-33)39-20-9-11-28-49-39)34-24-25-37-38-26-27-43-47(46(38)51(40(37)31-34)44-23-10-12-29-50-44)52-41-21-7-8-22-42(41)53(43,35-16-3-1-4-17-35)36-18-5-2-6-19-36/h1-31,45H. The maximum absolute atomic E-state index is 16.8. The van der Waals surface area contributed by atoms with E-state index in [4.69, 9.17) is 4.98 Å². The predicted molar refractivity (Wildman–Crippen MR) is 219 cm³/mol. The summed E-state index contributed by atoms with van der Waals surface area (Å²) in [5.74, 6) is 0.803. The van der Waals surface area contributed by atoms with Crippen molar-refractivity contribution in [1.82, 2.24) is 14.5 Å². The third-order valence-corrected chi connectivity index (χ3v) is 17.0. The van der Waals surface area contributed by atoms with E-state index in [-0.39, 0.29) is 0 Å². The van der Waals surface area contributed by atoms with E-state index in [9.17, 15) is 0 Å². The molecule has 53 heavy (non-hydrogen) atoms. The fraction of sp³-hybridized carbons (Fsp3) is 0.0213. The van der Waals surface area contributed by atoms with Gasteiger partial charge in [0.05, 0.1) is 16.7 Å². The van der Waals surface area contributed by atoms with E-state index in [1.54, 1.807) is 6.20 Å².